The van der Waals surface area contributed by atoms with E-state index in [1.165, 1.54) is 29.0 Å². The van der Waals surface area contributed by atoms with E-state index in [9.17, 15) is 9.90 Å². The van der Waals surface area contributed by atoms with Crippen LogP contribution in [0.25, 0.3) is 10.2 Å². The molecule has 0 bridgehead atoms. The number of carbonyl (C=O) groups excluding carboxylic acids is 1. The largest absolute Gasteiger partial charge is 0.393 e. The minimum atomic E-state index is -0.163. The first kappa shape index (κ1) is 24.4. The van der Waals surface area contributed by atoms with Gasteiger partial charge in [-0.05, 0) is 79.7 Å². The summed E-state index contributed by atoms with van der Waals surface area (Å²) in [5.41, 5.74) is 3.97. The predicted octanol–water partition coefficient (Wildman–Crippen LogP) is 5.42. The molecule has 2 aromatic heterocycles. The zero-order valence-electron chi connectivity index (χ0n) is 21.0. The Morgan fingerprint density at radius 2 is 1.97 bits per heavy atom. The number of aliphatic hydroxyl groups excluding tert-OH is 1. The molecule has 0 spiro atoms. The molecule has 1 aromatic carbocycles. The lowest BCUT2D eigenvalue weighted by atomic mass is 9.71. The highest BCUT2D eigenvalue weighted by molar-refractivity contribution is 7.20. The van der Waals surface area contributed by atoms with Crippen LogP contribution in [0.2, 0.25) is 0 Å². The Kier molecular flexibility index (Phi) is 6.97. The lowest BCUT2D eigenvalue weighted by Crippen LogP contribution is -2.45. The van der Waals surface area contributed by atoms with Gasteiger partial charge in [-0.15, -0.1) is 11.3 Å². The second-order valence-corrected chi connectivity index (χ2v) is 12.4. The molecule has 2 aliphatic rings. The van der Waals surface area contributed by atoms with Crippen LogP contribution >= 0.6 is 11.3 Å². The van der Waals surface area contributed by atoms with Gasteiger partial charge in [0, 0.05) is 17.1 Å². The van der Waals surface area contributed by atoms with Crippen LogP contribution in [-0.2, 0) is 12.8 Å². The van der Waals surface area contributed by atoms with Gasteiger partial charge in [0.1, 0.15) is 4.83 Å². The molecule has 1 fully saturated rings. The van der Waals surface area contributed by atoms with Gasteiger partial charge in [0.25, 0.3) is 5.91 Å². The lowest BCUT2D eigenvalue weighted by Gasteiger charge is -2.34. The molecule has 0 aliphatic heterocycles. The number of benzene rings is 1. The van der Waals surface area contributed by atoms with Crippen molar-refractivity contribution >= 4 is 27.5 Å². The van der Waals surface area contributed by atoms with E-state index in [0.717, 1.165) is 59.3 Å². The van der Waals surface area contributed by atoms with Crippen molar-refractivity contribution in [3.8, 4) is 0 Å². The van der Waals surface area contributed by atoms with E-state index in [-0.39, 0.29) is 18.1 Å². The molecule has 0 radical (unpaired) electrons. The second kappa shape index (κ2) is 10.00. The van der Waals surface area contributed by atoms with Crippen LogP contribution in [0.5, 0.6) is 0 Å². The molecule has 3 aromatic rings. The normalized spacial score (nSPS) is 22.9. The fourth-order valence-corrected chi connectivity index (χ4v) is 6.33. The quantitative estimate of drug-likeness (QED) is 0.412. The number of hydrogen-bond donors (Lipinski definition) is 3. The molecule has 3 N–H and O–H groups in total. The lowest BCUT2D eigenvalue weighted by molar-refractivity contribution is 0.0623. The minimum absolute atomic E-state index is 0.0357. The van der Waals surface area contributed by atoms with Crippen molar-refractivity contribution in [2.75, 3.05) is 6.54 Å². The van der Waals surface area contributed by atoms with E-state index >= 15 is 0 Å². The zero-order valence-corrected chi connectivity index (χ0v) is 21.8. The maximum absolute atomic E-state index is 13.3. The summed E-state index contributed by atoms with van der Waals surface area (Å²) in [6, 6.07) is 14.8. The van der Waals surface area contributed by atoms with Crippen molar-refractivity contribution in [2.24, 2.45) is 11.3 Å². The molecule has 2 aliphatic carbocycles. The maximum Gasteiger partial charge on any atom is 0.261 e. The van der Waals surface area contributed by atoms with E-state index in [2.05, 4.69) is 49.6 Å². The van der Waals surface area contributed by atoms with Gasteiger partial charge in [-0.3, -0.25) is 4.79 Å². The Bertz CT molecular complexity index is 1180. The third kappa shape index (κ3) is 5.60. The number of aryl methyl sites for hydroxylation is 1. The fourth-order valence-electron chi connectivity index (χ4n) is 5.40. The first-order valence-electron chi connectivity index (χ1n) is 13.0. The summed E-state index contributed by atoms with van der Waals surface area (Å²) in [5, 5.41) is 17.4. The predicted molar refractivity (Wildman–Crippen MR) is 143 cm³/mol. The van der Waals surface area contributed by atoms with E-state index in [4.69, 9.17) is 4.98 Å². The molecule has 35 heavy (non-hydrogen) atoms. The Labute approximate surface area is 212 Å². The van der Waals surface area contributed by atoms with Crippen LogP contribution in [0.3, 0.4) is 0 Å². The molecule has 6 heteroatoms. The number of pyridine rings is 1. The summed E-state index contributed by atoms with van der Waals surface area (Å²) in [6.07, 6.45) is 5.54. The van der Waals surface area contributed by atoms with E-state index in [1.807, 2.05) is 24.3 Å². The zero-order chi connectivity index (χ0) is 24.6. The number of hydrogen-bond acceptors (Lipinski definition) is 5. The molecule has 1 saturated carbocycles. The second-order valence-electron chi connectivity index (χ2n) is 11.4. The van der Waals surface area contributed by atoms with Crippen molar-refractivity contribution in [3.63, 3.8) is 0 Å². The molecule has 186 valence electrons. The van der Waals surface area contributed by atoms with E-state index in [0.29, 0.717) is 17.4 Å². The van der Waals surface area contributed by atoms with Crippen LogP contribution in [0, 0.1) is 11.3 Å². The first-order chi connectivity index (χ1) is 16.8. The highest BCUT2D eigenvalue weighted by Gasteiger charge is 2.30. The van der Waals surface area contributed by atoms with Crippen LogP contribution in [0.1, 0.15) is 79.0 Å². The van der Waals surface area contributed by atoms with Crippen molar-refractivity contribution < 1.29 is 9.90 Å². The minimum Gasteiger partial charge on any atom is -0.393 e. The van der Waals surface area contributed by atoms with Crippen molar-refractivity contribution in [2.45, 2.75) is 77.5 Å². The third-order valence-corrected chi connectivity index (χ3v) is 8.85. The summed E-state index contributed by atoms with van der Waals surface area (Å²) in [7, 11) is 0. The van der Waals surface area contributed by atoms with Gasteiger partial charge >= 0.3 is 0 Å². The summed E-state index contributed by atoms with van der Waals surface area (Å²) >= 11 is 1.50. The van der Waals surface area contributed by atoms with Crippen LogP contribution in [0.4, 0.5) is 0 Å². The Balaban J connectivity index is 1.30. The Morgan fingerprint density at radius 3 is 2.69 bits per heavy atom. The molecule has 1 unspecified atom stereocenters. The molecule has 5 rings (SSSR count). The maximum atomic E-state index is 13.3. The average molecular weight is 492 g/mol. The number of aromatic nitrogens is 1. The van der Waals surface area contributed by atoms with Gasteiger partial charge in [0.05, 0.1) is 17.0 Å². The van der Waals surface area contributed by atoms with Gasteiger partial charge < -0.3 is 15.7 Å². The molecule has 2 heterocycles. The number of nitrogens with one attached hydrogen (secondary N) is 2. The van der Waals surface area contributed by atoms with Gasteiger partial charge in [0.15, 0.2) is 0 Å². The number of thiophene rings is 1. The number of carbonyl (C=O) groups is 1. The summed E-state index contributed by atoms with van der Waals surface area (Å²) in [4.78, 5) is 20.0. The van der Waals surface area contributed by atoms with Crippen molar-refractivity contribution in [1.82, 2.24) is 15.6 Å². The highest BCUT2D eigenvalue weighted by atomic mass is 32.1. The number of aliphatic hydroxyl groups is 1. The van der Waals surface area contributed by atoms with Gasteiger partial charge in [-0.25, -0.2) is 4.98 Å². The van der Waals surface area contributed by atoms with Crippen LogP contribution in [-0.4, -0.2) is 34.7 Å². The number of fused-ring (bicyclic) bond motifs is 2. The fraction of sp³-hybridized carbons (Fsp3) is 0.517. The van der Waals surface area contributed by atoms with Crippen LogP contribution in [0.15, 0.2) is 42.5 Å². The molecule has 0 saturated heterocycles. The Hall–Kier alpha value is -2.28. The van der Waals surface area contributed by atoms with E-state index < -0.39 is 0 Å². The summed E-state index contributed by atoms with van der Waals surface area (Å²) in [5.74, 6) is 0.630. The average Bonchev–Trinajstić information content (AvgIpc) is 3.23. The topological polar surface area (TPSA) is 74.2 Å². The van der Waals surface area contributed by atoms with E-state index in [1.54, 1.807) is 0 Å². The summed E-state index contributed by atoms with van der Waals surface area (Å²) in [6.45, 7) is 7.79. The molecular weight excluding hydrogens is 454 g/mol. The monoisotopic (exact) mass is 491 g/mol. The van der Waals surface area contributed by atoms with Crippen molar-refractivity contribution in [3.05, 3.63) is 64.2 Å². The smallest absolute Gasteiger partial charge is 0.261 e. The molecule has 2 atom stereocenters. The molecular formula is C29H37N3O2S. The van der Waals surface area contributed by atoms with Gasteiger partial charge in [-0.1, -0.05) is 51.1 Å². The van der Waals surface area contributed by atoms with Crippen molar-refractivity contribution in [1.29, 1.82) is 0 Å². The highest BCUT2D eigenvalue weighted by Crippen LogP contribution is 2.38. The number of rotatable bonds is 7. The molecule has 1 amide bonds. The third-order valence-electron chi connectivity index (χ3n) is 7.81. The summed E-state index contributed by atoms with van der Waals surface area (Å²) < 4.78 is 0. The number of nitrogens with zero attached hydrogens (tertiary/aromatic N) is 1. The van der Waals surface area contributed by atoms with Gasteiger partial charge in [0.2, 0.25) is 0 Å². The first-order valence-corrected chi connectivity index (χ1v) is 13.8. The Morgan fingerprint density at radius 1 is 1.20 bits per heavy atom. The molecule has 5 nitrogen and oxygen atoms in total. The van der Waals surface area contributed by atoms with Crippen LogP contribution < -0.4 is 10.6 Å². The standard InChI is InChI=1S/C29H37N3O2S/c1-29(2,3)21-9-10-24-19(14-21)13-20-15-26(35-28(20)32-24)27(34)31-25(18-7-5-4-6-8-18)11-12-30-22-16-23(33)17-22/h4-8,13,15,21-23,25,30,33H,9-12,14,16-17H2,1-3H3,(H,31,34)/t21-,22-,23-,25?/m0/s1. The SMILES string of the molecule is CC(C)(C)[C@H]1CCc2nc3sc(C(=O)NC(CCN[C@H]4C[C@H](O)C4)c4ccccc4)cc3cc2C1. The number of amides is 1. The van der Waals surface area contributed by atoms with Gasteiger partial charge in [-0.2, -0.15) is 0 Å².